The van der Waals surface area contributed by atoms with Crippen molar-refractivity contribution in [3.05, 3.63) is 0 Å². The first kappa shape index (κ1) is 16.1. The van der Waals surface area contributed by atoms with Crippen molar-refractivity contribution in [2.24, 2.45) is 0 Å². The van der Waals surface area contributed by atoms with E-state index in [2.05, 4.69) is 0 Å². The van der Waals surface area contributed by atoms with Gasteiger partial charge in [0.05, 0.1) is 6.61 Å². The molecule has 0 heterocycles. The van der Waals surface area contributed by atoms with Crippen molar-refractivity contribution in [1.82, 2.24) is 0 Å². The van der Waals surface area contributed by atoms with Gasteiger partial charge in [-0.3, -0.25) is 4.57 Å². The molecule has 0 aromatic heterocycles. The molecule has 0 aliphatic rings. The van der Waals surface area contributed by atoms with E-state index < -0.39 is 13.3 Å². The number of ether oxygens (including phenoxy) is 2. The van der Waals surface area contributed by atoms with E-state index in [1.165, 1.54) is 0 Å². The fourth-order valence-corrected chi connectivity index (χ4v) is 2.68. The Morgan fingerprint density at radius 1 is 1.12 bits per heavy atom. The molecule has 6 heteroatoms. The molecule has 16 heavy (non-hydrogen) atoms. The molecule has 0 aromatic rings. The van der Waals surface area contributed by atoms with Crippen molar-refractivity contribution in [2.75, 3.05) is 32.6 Å². The number of hydrogen-bond donors (Lipinski definition) is 1. The van der Waals surface area contributed by atoms with Crippen LogP contribution in [0.3, 0.4) is 0 Å². The molecule has 0 aliphatic heterocycles. The van der Waals surface area contributed by atoms with Crippen molar-refractivity contribution < 1.29 is 23.7 Å². The van der Waals surface area contributed by atoms with Crippen molar-refractivity contribution in [3.63, 3.8) is 0 Å². The van der Waals surface area contributed by atoms with Crippen LogP contribution in [0, 0.1) is 0 Å². The molecular formula is C10H23O5P. The van der Waals surface area contributed by atoms with E-state index in [-0.39, 0.29) is 12.6 Å². The Labute approximate surface area is 97.5 Å². The lowest BCUT2D eigenvalue weighted by molar-refractivity contribution is -0.358. The fourth-order valence-electron chi connectivity index (χ4n) is 1.32. The number of hydrogen-bond acceptors (Lipinski definition) is 5. The van der Waals surface area contributed by atoms with E-state index in [0.717, 1.165) is 0 Å². The monoisotopic (exact) mass is 254 g/mol. The second kappa shape index (κ2) is 7.41. The zero-order chi connectivity index (χ0) is 12.7. The summed E-state index contributed by atoms with van der Waals surface area (Å²) in [5.74, 6) is -1.65. The normalized spacial score (nSPS) is 16.1. The van der Waals surface area contributed by atoms with Crippen molar-refractivity contribution >= 4 is 7.37 Å². The Kier molecular flexibility index (Phi) is 7.44. The van der Waals surface area contributed by atoms with E-state index in [9.17, 15) is 9.67 Å². The number of aliphatic hydroxyl groups is 1. The molecule has 0 aromatic carbocycles. The van der Waals surface area contributed by atoms with E-state index in [1.807, 2.05) is 0 Å². The molecule has 0 amide bonds. The minimum absolute atomic E-state index is 0.141. The van der Waals surface area contributed by atoms with Gasteiger partial charge >= 0.3 is 0 Å². The van der Waals surface area contributed by atoms with Crippen LogP contribution in [0.15, 0.2) is 0 Å². The molecule has 1 unspecified atom stereocenters. The van der Waals surface area contributed by atoms with E-state index in [1.54, 1.807) is 27.4 Å². The highest BCUT2D eigenvalue weighted by Gasteiger charge is 2.31. The number of rotatable bonds is 9. The second-order valence-corrected chi connectivity index (χ2v) is 6.22. The molecule has 0 aliphatic carbocycles. The molecule has 0 radical (unpaired) electrons. The Morgan fingerprint density at radius 2 is 1.62 bits per heavy atom. The molecule has 0 spiro atoms. The maximum absolute atomic E-state index is 11.8. The third-order valence-corrected chi connectivity index (χ3v) is 3.82. The lowest BCUT2D eigenvalue weighted by Crippen LogP contribution is -2.37. The zero-order valence-electron chi connectivity index (χ0n) is 10.6. The first-order valence-corrected chi connectivity index (χ1v) is 7.86. The highest BCUT2D eigenvalue weighted by molar-refractivity contribution is 7.58. The summed E-state index contributed by atoms with van der Waals surface area (Å²) in [5.41, 5.74) is 0. The van der Waals surface area contributed by atoms with Gasteiger partial charge in [0.1, 0.15) is 0 Å². The van der Waals surface area contributed by atoms with Gasteiger partial charge in [-0.05, 0) is 20.8 Å². The summed E-state index contributed by atoms with van der Waals surface area (Å²) in [5, 5.41) is 9.92. The standard InChI is InChI=1S/C10H23O5P/c1-5-13-10(11,14-6-2)8-9-16(4,12)15-7-3/h11H,5-9H2,1-4H3. The molecule has 0 saturated heterocycles. The quantitative estimate of drug-likeness (QED) is 0.504. The van der Waals surface area contributed by atoms with Crippen LogP contribution in [0.5, 0.6) is 0 Å². The molecular weight excluding hydrogens is 231 g/mol. The van der Waals surface area contributed by atoms with Crippen LogP contribution in [-0.2, 0) is 18.6 Å². The van der Waals surface area contributed by atoms with Gasteiger partial charge in [-0.1, -0.05) is 0 Å². The summed E-state index contributed by atoms with van der Waals surface area (Å²) < 4.78 is 27.1. The summed E-state index contributed by atoms with van der Waals surface area (Å²) in [6, 6.07) is 0. The van der Waals surface area contributed by atoms with Crippen LogP contribution in [0.4, 0.5) is 0 Å². The first-order chi connectivity index (χ1) is 7.39. The smallest absolute Gasteiger partial charge is 0.280 e. The Balaban J connectivity index is 4.25. The Bertz CT molecular complexity index is 225. The Hall–Kier alpha value is 0.0700. The molecule has 0 fully saturated rings. The average Bonchev–Trinajstić information content (AvgIpc) is 2.16. The summed E-state index contributed by atoms with van der Waals surface area (Å²) in [6.07, 6.45) is 0.375. The third-order valence-electron chi connectivity index (χ3n) is 1.98. The predicted molar refractivity (Wildman–Crippen MR) is 62.8 cm³/mol. The van der Waals surface area contributed by atoms with E-state index >= 15 is 0 Å². The SMILES string of the molecule is CCOC(O)(CCP(C)(=O)OCC)OCC. The highest BCUT2D eigenvalue weighted by atomic mass is 31.2. The van der Waals surface area contributed by atoms with Crippen LogP contribution < -0.4 is 0 Å². The topological polar surface area (TPSA) is 65.0 Å². The van der Waals surface area contributed by atoms with Gasteiger partial charge in [0.25, 0.3) is 5.97 Å². The van der Waals surface area contributed by atoms with Crippen molar-refractivity contribution in [3.8, 4) is 0 Å². The molecule has 98 valence electrons. The maximum atomic E-state index is 11.8. The van der Waals surface area contributed by atoms with Gasteiger partial charge < -0.3 is 19.1 Å². The van der Waals surface area contributed by atoms with Crippen LogP contribution in [0.2, 0.25) is 0 Å². The van der Waals surface area contributed by atoms with Gasteiger partial charge in [0, 0.05) is 32.5 Å². The molecule has 0 bridgehead atoms. The molecule has 5 nitrogen and oxygen atoms in total. The Morgan fingerprint density at radius 3 is 2.00 bits per heavy atom. The highest BCUT2D eigenvalue weighted by Crippen LogP contribution is 2.44. The molecule has 0 saturated carbocycles. The summed E-state index contributed by atoms with van der Waals surface area (Å²) in [6.45, 7) is 7.92. The third kappa shape index (κ3) is 6.61. The maximum Gasteiger partial charge on any atom is 0.280 e. The molecule has 1 atom stereocenters. The van der Waals surface area contributed by atoms with Gasteiger partial charge in [0.2, 0.25) is 0 Å². The summed E-state index contributed by atoms with van der Waals surface area (Å²) in [4.78, 5) is 0. The van der Waals surface area contributed by atoms with Crippen LogP contribution in [-0.4, -0.2) is 43.7 Å². The van der Waals surface area contributed by atoms with Gasteiger partial charge in [-0.2, -0.15) is 0 Å². The van der Waals surface area contributed by atoms with Gasteiger partial charge in [-0.25, -0.2) is 0 Å². The second-order valence-electron chi connectivity index (χ2n) is 3.48. The fraction of sp³-hybridized carbons (Fsp3) is 1.00. The predicted octanol–water partition coefficient (Wildman–Crippen LogP) is 2.04. The largest absolute Gasteiger partial charge is 0.343 e. The summed E-state index contributed by atoms with van der Waals surface area (Å²) >= 11 is 0. The first-order valence-electron chi connectivity index (χ1n) is 5.60. The minimum Gasteiger partial charge on any atom is -0.343 e. The molecule has 0 rings (SSSR count). The van der Waals surface area contributed by atoms with Crippen molar-refractivity contribution in [1.29, 1.82) is 0 Å². The average molecular weight is 254 g/mol. The molecule has 1 N–H and O–H groups in total. The van der Waals surface area contributed by atoms with Crippen LogP contribution in [0.1, 0.15) is 27.2 Å². The van der Waals surface area contributed by atoms with E-state index in [4.69, 9.17) is 14.0 Å². The van der Waals surface area contributed by atoms with Crippen molar-refractivity contribution in [2.45, 2.75) is 33.2 Å². The summed E-state index contributed by atoms with van der Waals surface area (Å²) in [7, 11) is -2.66. The lowest BCUT2D eigenvalue weighted by Gasteiger charge is -2.28. The zero-order valence-corrected chi connectivity index (χ0v) is 11.5. The minimum atomic E-state index is -2.66. The van der Waals surface area contributed by atoms with Crippen LogP contribution >= 0.6 is 7.37 Å². The van der Waals surface area contributed by atoms with Gasteiger partial charge in [0.15, 0.2) is 7.37 Å². The lowest BCUT2D eigenvalue weighted by atomic mass is 10.4. The van der Waals surface area contributed by atoms with Gasteiger partial charge in [-0.15, -0.1) is 0 Å². The van der Waals surface area contributed by atoms with Crippen LogP contribution in [0.25, 0.3) is 0 Å². The van der Waals surface area contributed by atoms with E-state index in [0.29, 0.717) is 19.8 Å².